The SMILES string of the molecule is COC(=O)N[C@H](C(=O)C[C@@H](Cc1ccccc1)[C@@H](O)CN(Cc1ccc(-c2ccccn2)cc1)NC(=O)[C@H](NC(=O)OC)C(C)(C)C)C(C)(C)C. The van der Waals surface area contributed by atoms with Crippen molar-refractivity contribution in [2.45, 2.75) is 79.1 Å². The maximum absolute atomic E-state index is 13.9. The molecule has 3 amide bonds. The predicted molar refractivity (Wildman–Crippen MR) is 195 cm³/mol. The van der Waals surface area contributed by atoms with Crippen molar-refractivity contribution in [3.05, 3.63) is 90.1 Å². The number of hydrogen-bond acceptors (Lipinski definition) is 9. The number of ether oxygens (including phenoxy) is 2. The Hall–Kier alpha value is -4.81. The van der Waals surface area contributed by atoms with E-state index in [0.717, 1.165) is 22.4 Å². The molecule has 1 aromatic heterocycles. The Bertz CT molecular complexity index is 1570. The van der Waals surface area contributed by atoms with Crippen molar-refractivity contribution in [2.24, 2.45) is 16.7 Å². The molecule has 4 atom stereocenters. The first-order chi connectivity index (χ1) is 24.0. The molecule has 0 radical (unpaired) electrons. The van der Waals surface area contributed by atoms with Gasteiger partial charge in [0.25, 0.3) is 5.91 Å². The molecule has 1 heterocycles. The topological polar surface area (TPSA) is 159 Å². The summed E-state index contributed by atoms with van der Waals surface area (Å²) >= 11 is 0. The molecule has 0 fully saturated rings. The van der Waals surface area contributed by atoms with Gasteiger partial charge in [0.1, 0.15) is 6.04 Å². The largest absolute Gasteiger partial charge is 0.453 e. The number of ketones is 1. The van der Waals surface area contributed by atoms with Gasteiger partial charge in [-0.15, -0.1) is 0 Å². The third-order valence-electron chi connectivity index (χ3n) is 8.52. The number of aliphatic hydroxyl groups is 1. The molecule has 276 valence electrons. The highest BCUT2D eigenvalue weighted by Crippen LogP contribution is 2.26. The van der Waals surface area contributed by atoms with Gasteiger partial charge < -0.3 is 25.2 Å². The highest BCUT2D eigenvalue weighted by Gasteiger charge is 2.37. The summed E-state index contributed by atoms with van der Waals surface area (Å²) in [7, 11) is 2.46. The second kappa shape index (κ2) is 18.4. The number of hydrazine groups is 1. The average Bonchev–Trinajstić information content (AvgIpc) is 3.08. The first kappa shape index (κ1) is 40.6. The summed E-state index contributed by atoms with van der Waals surface area (Å²) in [5, 5.41) is 18.8. The Morgan fingerprint density at radius 1 is 0.765 bits per heavy atom. The number of hydrogen-bond donors (Lipinski definition) is 4. The lowest BCUT2D eigenvalue weighted by atomic mass is 9.79. The number of Topliss-reactive ketones (excluding diaryl/α,β-unsaturated/α-hetero) is 1. The van der Waals surface area contributed by atoms with E-state index >= 15 is 0 Å². The summed E-state index contributed by atoms with van der Waals surface area (Å²) in [6.07, 6.45) is -0.559. The van der Waals surface area contributed by atoms with Crippen molar-refractivity contribution in [1.29, 1.82) is 0 Å². The van der Waals surface area contributed by atoms with Crippen LogP contribution in [-0.4, -0.2) is 77.9 Å². The van der Waals surface area contributed by atoms with Crippen molar-refractivity contribution in [1.82, 2.24) is 26.1 Å². The summed E-state index contributed by atoms with van der Waals surface area (Å²) in [5.74, 6) is -1.36. The minimum Gasteiger partial charge on any atom is -0.453 e. The van der Waals surface area contributed by atoms with Gasteiger partial charge in [0.15, 0.2) is 5.78 Å². The molecule has 0 bridgehead atoms. The quantitative estimate of drug-likeness (QED) is 0.154. The van der Waals surface area contributed by atoms with E-state index in [1.54, 1.807) is 11.2 Å². The van der Waals surface area contributed by atoms with Gasteiger partial charge in [0.2, 0.25) is 0 Å². The van der Waals surface area contributed by atoms with Crippen molar-refractivity contribution in [3.8, 4) is 11.3 Å². The fourth-order valence-corrected chi connectivity index (χ4v) is 5.73. The summed E-state index contributed by atoms with van der Waals surface area (Å²) in [4.78, 5) is 56.5. The molecule has 0 aliphatic heterocycles. The zero-order chi connectivity index (χ0) is 37.8. The van der Waals surface area contributed by atoms with Crippen LogP contribution in [-0.2, 0) is 32.0 Å². The minimum absolute atomic E-state index is 0.0573. The first-order valence-electron chi connectivity index (χ1n) is 17.0. The molecule has 3 rings (SSSR count). The van der Waals surface area contributed by atoms with Crippen LogP contribution >= 0.6 is 0 Å². The lowest BCUT2D eigenvalue weighted by Gasteiger charge is -2.35. The van der Waals surface area contributed by atoms with E-state index in [4.69, 9.17) is 9.47 Å². The fourth-order valence-electron chi connectivity index (χ4n) is 5.73. The third kappa shape index (κ3) is 12.8. The van der Waals surface area contributed by atoms with Crippen LogP contribution in [0.5, 0.6) is 0 Å². The molecule has 0 unspecified atom stereocenters. The standard InChI is InChI=1S/C39H53N5O7/c1-38(2,3)33(41-36(48)50-7)31(45)23-29(22-26-14-10-9-11-15-26)32(46)25-44(43-35(47)34(39(4,5)6)42-37(49)51-8)24-27-17-19-28(20-18-27)30-16-12-13-21-40-30/h9-21,29,32-34,46H,22-25H2,1-8H3,(H,41,48)(H,42,49)(H,43,47)/t29-,32+,33-,34+/m1/s1. The number of carbonyl (C=O) groups is 4. The molecule has 0 saturated heterocycles. The van der Waals surface area contributed by atoms with E-state index in [2.05, 4.69) is 21.0 Å². The Balaban J connectivity index is 1.96. The maximum Gasteiger partial charge on any atom is 0.407 e. The summed E-state index contributed by atoms with van der Waals surface area (Å²) in [6, 6.07) is 21.0. The number of aliphatic hydroxyl groups excluding tert-OH is 1. The second-order valence-corrected chi connectivity index (χ2v) is 14.8. The molecule has 3 aromatic rings. The monoisotopic (exact) mass is 703 g/mol. The number of amides is 3. The van der Waals surface area contributed by atoms with Crippen molar-refractivity contribution >= 4 is 23.9 Å². The summed E-state index contributed by atoms with van der Waals surface area (Å²) < 4.78 is 9.57. The van der Waals surface area contributed by atoms with E-state index in [0.29, 0.717) is 6.42 Å². The van der Waals surface area contributed by atoms with Gasteiger partial charge >= 0.3 is 12.2 Å². The molecule has 0 aliphatic carbocycles. The summed E-state index contributed by atoms with van der Waals surface area (Å²) in [6.45, 7) is 11.1. The molecule has 2 aromatic carbocycles. The van der Waals surface area contributed by atoms with Crippen LogP contribution in [0.2, 0.25) is 0 Å². The first-order valence-corrected chi connectivity index (χ1v) is 17.0. The molecule has 12 nitrogen and oxygen atoms in total. The average molecular weight is 704 g/mol. The van der Waals surface area contributed by atoms with E-state index in [1.807, 2.05) is 114 Å². The van der Waals surface area contributed by atoms with Crippen molar-refractivity contribution in [2.75, 3.05) is 20.8 Å². The maximum atomic E-state index is 13.9. The van der Waals surface area contributed by atoms with Gasteiger partial charge in [0, 0.05) is 31.3 Å². The lowest BCUT2D eigenvalue weighted by molar-refractivity contribution is -0.132. The van der Waals surface area contributed by atoms with Crippen LogP contribution < -0.4 is 16.1 Å². The van der Waals surface area contributed by atoms with Crippen LogP contribution in [0.1, 0.15) is 59.1 Å². The van der Waals surface area contributed by atoms with E-state index < -0.39 is 53.0 Å². The number of carbonyl (C=O) groups excluding carboxylic acids is 4. The van der Waals surface area contributed by atoms with Crippen molar-refractivity contribution in [3.63, 3.8) is 0 Å². The van der Waals surface area contributed by atoms with Gasteiger partial charge in [-0.2, -0.15) is 0 Å². The molecule has 0 spiro atoms. The number of aromatic nitrogens is 1. The third-order valence-corrected chi connectivity index (χ3v) is 8.52. The molecule has 0 aliphatic rings. The van der Waals surface area contributed by atoms with Gasteiger partial charge in [-0.3, -0.25) is 20.0 Å². The molecule has 0 saturated carbocycles. The number of pyridine rings is 1. The smallest absolute Gasteiger partial charge is 0.407 e. The zero-order valence-electron chi connectivity index (χ0n) is 30.9. The Morgan fingerprint density at radius 3 is 1.86 bits per heavy atom. The number of nitrogens with zero attached hydrogens (tertiary/aromatic N) is 2. The van der Waals surface area contributed by atoms with Crippen molar-refractivity contribution < 1.29 is 33.8 Å². The van der Waals surface area contributed by atoms with Gasteiger partial charge in [-0.05, 0) is 46.4 Å². The zero-order valence-corrected chi connectivity index (χ0v) is 30.9. The second-order valence-electron chi connectivity index (χ2n) is 14.8. The highest BCUT2D eigenvalue weighted by atomic mass is 16.5. The Morgan fingerprint density at radius 2 is 1.33 bits per heavy atom. The molecular weight excluding hydrogens is 650 g/mol. The van der Waals surface area contributed by atoms with Gasteiger partial charge in [-0.25, -0.2) is 14.6 Å². The minimum atomic E-state index is -1.11. The number of methoxy groups -OCH3 is 2. The Labute approximate surface area is 301 Å². The van der Waals surface area contributed by atoms with Gasteiger partial charge in [0.05, 0.1) is 32.1 Å². The number of nitrogens with one attached hydrogen (secondary N) is 3. The number of rotatable bonds is 15. The molecule has 51 heavy (non-hydrogen) atoms. The van der Waals surface area contributed by atoms with Crippen LogP contribution in [0.3, 0.4) is 0 Å². The lowest BCUT2D eigenvalue weighted by Crippen LogP contribution is -2.58. The number of benzene rings is 2. The normalized spacial score (nSPS) is 14.1. The van der Waals surface area contributed by atoms with Crippen LogP contribution in [0.25, 0.3) is 11.3 Å². The number of alkyl carbamates (subject to hydrolysis) is 2. The van der Waals surface area contributed by atoms with Crippen LogP contribution in [0.15, 0.2) is 79.0 Å². The molecular formula is C39H53N5O7. The summed E-state index contributed by atoms with van der Waals surface area (Å²) in [5.41, 5.74) is 5.08. The van der Waals surface area contributed by atoms with Gasteiger partial charge in [-0.1, -0.05) is 102 Å². The van der Waals surface area contributed by atoms with E-state index in [9.17, 15) is 24.3 Å². The molecule has 4 N–H and O–H groups in total. The highest BCUT2D eigenvalue weighted by molar-refractivity contribution is 5.88. The van der Waals surface area contributed by atoms with E-state index in [-0.39, 0.29) is 25.3 Å². The molecule has 12 heteroatoms. The van der Waals surface area contributed by atoms with Crippen LogP contribution in [0.4, 0.5) is 9.59 Å². The Kier molecular flexibility index (Phi) is 14.7. The van der Waals surface area contributed by atoms with E-state index in [1.165, 1.54) is 14.2 Å². The van der Waals surface area contributed by atoms with Crippen LogP contribution in [0, 0.1) is 16.7 Å². The predicted octanol–water partition coefficient (Wildman–Crippen LogP) is 5.30. The fraction of sp³-hybridized carbons (Fsp3) is 0.462.